The molecule has 108 valence electrons. The number of halogens is 5. The van der Waals surface area contributed by atoms with Gasteiger partial charge in [0, 0.05) is 0 Å². The van der Waals surface area contributed by atoms with Gasteiger partial charge in [-0.1, -0.05) is 46.3 Å². The lowest BCUT2D eigenvalue weighted by atomic mass is 10.0. The summed E-state index contributed by atoms with van der Waals surface area (Å²) in [5.74, 6) is -1.09. The molecule has 0 spiro atoms. The van der Waals surface area contributed by atoms with Gasteiger partial charge in [-0.05, 0) is 18.6 Å². The number of allylic oxidation sites excluding steroid dienone is 1. The van der Waals surface area contributed by atoms with Gasteiger partial charge in [-0.25, -0.2) is 13.2 Å². The van der Waals surface area contributed by atoms with Gasteiger partial charge in [0.2, 0.25) is 5.91 Å². The Morgan fingerprint density at radius 2 is 2.15 bits per heavy atom. The number of hydrogen-bond donors (Lipinski definition) is 0. The Kier molecular flexibility index (Phi) is 4.95. The maximum atomic E-state index is 13.9. The van der Waals surface area contributed by atoms with E-state index in [4.69, 9.17) is 11.6 Å². The molecule has 1 unspecified atom stereocenters. The Balaban J connectivity index is 2.49. The number of amides is 1. The van der Waals surface area contributed by atoms with Crippen molar-refractivity contribution in [1.29, 1.82) is 0 Å². The predicted molar refractivity (Wildman–Crippen MR) is 79.5 cm³/mol. The number of hydrogen-bond acceptors (Lipinski definition) is 1. The molecule has 0 radical (unpaired) electrons. The minimum Gasteiger partial charge on any atom is -0.305 e. The van der Waals surface area contributed by atoms with E-state index >= 15 is 0 Å². The Hall–Kier alpha value is -0.760. The Labute approximate surface area is 132 Å². The lowest BCUT2D eigenvalue weighted by molar-refractivity contribution is -0.128. The number of nitrogens with zero attached hydrogens (tertiary/aromatic N) is 1. The van der Waals surface area contributed by atoms with E-state index in [1.54, 1.807) is 6.08 Å². The lowest BCUT2D eigenvalue weighted by Crippen LogP contribution is -2.41. The number of carbonyl (C=O) groups excluding carboxylic acids is 1. The lowest BCUT2D eigenvalue weighted by Gasteiger charge is -2.31. The topological polar surface area (TPSA) is 20.3 Å². The van der Waals surface area contributed by atoms with Crippen molar-refractivity contribution >= 4 is 45.8 Å². The van der Waals surface area contributed by atoms with E-state index in [9.17, 15) is 18.0 Å². The highest BCUT2D eigenvalue weighted by Crippen LogP contribution is 2.34. The smallest absolute Gasteiger partial charge is 0.256 e. The number of alkyl halides is 3. The van der Waals surface area contributed by atoms with Crippen LogP contribution in [0.25, 0.3) is 5.70 Å². The van der Waals surface area contributed by atoms with E-state index in [2.05, 4.69) is 0 Å². The molecule has 0 N–H and O–H groups in total. The molecule has 1 atom stereocenters. The van der Waals surface area contributed by atoms with Gasteiger partial charge in [-0.3, -0.25) is 4.79 Å². The second-order valence-electron chi connectivity index (χ2n) is 4.23. The maximum absolute atomic E-state index is 13.9. The van der Waals surface area contributed by atoms with Gasteiger partial charge in [-0.2, -0.15) is 0 Å². The highest BCUT2D eigenvalue weighted by Gasteiger charge is 2.32. The molecule has 0 bridgehead atoms. The molecule has 1 amide bonds. The van der Waals surface area contributed by atoms with Crippen LogP contribution in [-0.2, 0) is 4.79 Å². The first-order chi connectivity index (χ1) is 9.41. The third-order valence-corrected chi connectivity index (χ3v) is 4.24. The van der Waals surface area contributed by atoms with Crippen LogP contribution in [0.4, 0.5) is 13.2 Å². The second kappa shape index (κ2) is 6.34. The zero-order chi connectivity index (χ0) is 14.9. The molecule has 20 heavy (non-hydrogen) atoms. The van der Waals surface area contributed by atoms with Gasteiger partial charge in [0.15, 0.2) is 0 Å². The van der Waals surface area contributed by atoms with Crippen LogP contribution in [0.1, 0.15) is 12.0 Å². The molecule has 0 saturated carbocycles. The van der Waals surface area contributed by atoms with E-state index in [-0.39, 0.29) is 16.3 Å². The summed E-state index contributed by atoms with van der Waals surface area (Å²) in [6.07, 6.45) is -0.765. The zero-order valence-corrected chi connectivity index (χ0v) is 13.0. The van der Waals surface area contributed by atoms with Crippen molar-refractivity contribution in [2.24, 2.45) is 0 Å². The fourth-order valence-corrected chi connectivity index (χ4v) is 2.87. The summed E-state index contributed by atoms with van der Waals surface area (Å²) in [4.78, 5) is 13.0. The van der Waals surface area contributed by atoms with Crippen LogP contribution in [0.2, 0.25) is 5.02 Å². The van der Waals surface area contributed by atoms with E-state index in [0.717, 1.165) is 4.90 Å². The standard InChI is InChI=1S/C13H10ClF3INO/c14-7-2-1-3-8(15)12(7)10-5-4-9(18)13(20)19(10)6-11(16)17/h1-3,5,9,11H,4,6H2. The Morgan fingerprint density at radius 1 is 1.45 bits per heavy atom. The molecule has 1 aromatic rings. The molecule has 0 aliphatic carbocycles. The maximum Gasteiger partial charge on any atom is 0.256 e. The largest absolute Gasteiger partial charge is 0.305 e. The minimum atomic E-state index is -2.70. The average molecular weight is 416 g/mol. The van der Waals surface area contributed by atoms with E-state index < -0.39 is 28.6 Å². The van der Waals surface area contributed by atoms with Crippen molar-refractivity contribution in [2.75, 3.05) is 6.54 Å². The number of carbonyl (C=O) groups is 1. The normalized spacial score (nSPS) is 19.5. The predicted octanol–water partition coefficient (Wildman–Crippen LogP) is 4.12. The van der Waals surface area contributed by atoms with Crippen molar-refractivity contribution in [3.05, 3.63) is 40.7 Å². The van der Waals surface area contributed by atoms with Crippen LogP contribution in [-0.4, -0.2) is 27.7 Å². The van der Waals surface area contributed by atoms with Gasteiger partial charge < -0.3 is 4.90 Å². The Bertz CT molecular complexity index is 544. The Morgan fingerprint density at radius 3 is 2.75 bits per heavy atom. The molecule has 7 heteroatoms. The average Bonchev–Trinajstić information content (AvgIpc) is 2.37. The molecule has 1 aliphatic rings. The molecule has 1 aliphatic heterocycles. The summed E-state index contributed by atoms with van der Waals surface area (Å²) in [5.41, 5.74) is 0.109. The van der Waals surface area contributed by atoms with Gasteiger partial charge >= 0.3 is 0 Å². The fourth-order valence-electron chi connectivity index (χ4n) is 2.02. The molecule has 0 fully saturated rings. The van der Waals surface area contributed by atoms with E-state index in [0.29, 0.717) is 6.42 Å². The first kappa shape index (κ1) is 15.6. The second-order valence-corrected chi connectivity index (χ2v) is 6.14. The summed E-state index contributed by atoms with van der Waals surface area (Å²) in [6, 6.07) is 4.07. The number of benzene rings is 1. The number of rotatable bonds is 3. The van der Waals surface area contributed by atoms with Crippen LogP contribution in [0.5, 0.6) is 0 Å². The molecule has 0 aromatic heterocycles. The van der Waals surface area contributed by atoms with Crippen LogP contribution >= 0.6 is 34.2 Å². The van der Waals surface area contributed by atoms with Gasteiger partial charge in [-0.15, -0.1) is 0 Å². The highest BCUT2D eigenvalue weighted by atomic mass is 127. The van der Waals surface area contributed by atoms with Crippen molar-refractivity contribution < 1.29 is 18.0 Å². The molecular weight excluding hydrogens is 406 g/mol. The summed E-state index contributed by atoms with van der Waals surface area (Å²) < 4.78 is 38.8. The van der Waals surface area contributed by atoms with Crippen molar-refractivity contribution in [2.45, 2.75) is 16.8 Å². The molecule has 1 heterocycles. The zero-order valence-electron chi connectivity index (χ0n) is 10.1. The van der Waals surface area contributed by atoms with Gasteiger partial charge in [0.25, 0.3) is 6.43 Å². The monoisotopic (exact) mass is 415 g/mol. The highest BCUT2D eigenvalue weighted by molar-refractivity contribution is 14.1. The third-order valence-electron chi connectivity index (χ3n) is 2.88. The molecule has 1 aromatic carbocycles. The SMILES string of the molecule is O=C1C(I)CC=C(c2c(F)cccc2Cl)N1CC(F)F. The van der Waals surface area contributed by atoms with Gasteiger partial charge in [0.05, 0.1) is 26.8 Å². The molecule has 2 nitrogen and oxygen atoms in total. The summed E-state index contributed by atoms with van der Waals surface area (Å²) in [6.45, 7) is -0.769. The minimum absolute atomic E-state index is 0.00790. The van der Waals surface area contributed by atoms with Gasteiger partial charge in [0.1, 0.15) is 5.82 Å². The van der Waals surface area contributed by atoms with Crippen LogP contribution in [0, 0.1) is 5.82 Å². The van der Waals surface area contributed by atoms with Crippen LogP contribution in [0.3, 0.4) is 0 Å². The van der Waals surface area contributed by atoms with Crippen molar-refractivity contribution in [3.63, 3.8) is 0 Å². The van der Waals surface area contributed by atoms with Crippen LogP contribution in [0.15, 0.2) is 24.3 Å². The third kappa shape index (κ3) is 3.11. The van der Waals surface area contributed by atoms with E-state index in [1.165, 1.54) is 18.2 Å². The van der Waals surface area contributed by atoms with Crippen molar-refractivity contribution in [1.82, 2.24) is 4.90 Å². The van der Waals surface area contributed by atoms with Crippen LogP contribution < -0.4 is 0 Å². The summed E-state index contributed by atoms with van der Waals surface area (Å²) in [5, 5.41) is 0.0928. The van der Waals surface area contributed by atoms with E-state index in [1.807, 2.05) is 22.6 Å². The summed E-state index contributed by atoms with van der Waals surface area (Å²) in [7, 11) is 0. The quantitative estimate of drug-likeness (QED) is 0.537. The van der Waals surface area contributed by atoms with Crippen molar-refractivity contribution in [3.8, 4) is 0 Å². The molecule has 0 saturated heterocycles. The molecule has 2 rings (SSSR count). The summed E-state index contributed by atoms with van der Waals surface area (Å²) >= 11 is 7.82. The first-order valence-electron chi connectivity index (χ1n) is 5.80. The first-order valence-corrected chi connectivity index (χ1v) is 7.42. The molecular formula is C13H10ClF3INO. The fraction of sp³-hybridized carbons (Fsp3) is 0.308.